The monoisotopic (exact) mass is 381 g/mol. The molecule has 2 heterocycles. The minimum absolute atomic E-state index is 0.111. The van der Waals surface area contributed by atoms with Crippen molar-refractivity contribution >= 4 is 29.1 Å². The van der Waals surface area contributed by atoms with Crippen LogP contribution in [0.3, 0.4) is 0 Å². The SMILES string of the molecule is Cc1cc(C)n2c(SCC(=O)Nc3ccccc3C(F)(F)F)nnc2n1. The summed E-state index contributed by atoms with van der Waals surface area (Å²) in [6.07, 6.45) is -4.54. The van der Waals surface area contributed by atoms with Crippen molar-refractivity contribution in [2.75, 3.05) is 11.1 Å². The van der Waals surface area contributed by atoms with Gasteiger partial charge >= 0.3 is 6.18 Å². The molecule has 1 aromatic carbocycles. The number of hydrogen-bond donors (Lipinski definition) is 1. The number of halogens is 3. The zero-order chi connectivity index (χ0) is 18.9. The molecule has 0 saturated carbocycles. The van der Waals surface area contributed by atoms with Crippen LogP contribution in [0.15, 0.2) is 35.5 Å². The van der Waals surface area contributed by atoms with Crippen molar-refractivity contribution in [3.63, 3.8) is 0 Å². The van der Waals surface area contributed by atoms with E-state index < -0.39 is 17.6 Å². The highest BCUT2D eigenvalue weighted by atomic mass is 32.2. The van der Waals surface area contributed by atoms with E-state index in [4.69, 9.17) is 0 Å². The van der Waals surface area contributed by atoms with Crippen LogP contribution < -0.4 is 5.32 Å². The molecular weight excluding hydrogens is 367 g/mol. The number of hydrogen-bond acceptors (Lipinski definition) is 5. The number of anilines is 1. The van der Waals surface area contributed by atoms with E-state index in [9.17, 15) is 18.0 Å². The van der Waals surface area contributed by atoms with Crippen LogP contribution in [0.25, 0.3) is 5.78 Å². The molecule has 0 saturated heterocycles. The van der Waals surface area contributed by atoms with Crippen LogP contribution in [0, 0.1) is 13.8 Å². The van der Waals surface area contributed by atoms with Crippen molar-refractivity contribution in [2.24, 2.45) is 0 Å². The average molecular weight is 381 g/mol. The van der Waals surface area contributed by atoms with Crippen molar-refractivity contribution in [3.05, 3.63) is 47.3 Å². The summed E-state index contributed by atoms with van der Waals surface area (Å²) in [7, 11) is 0. The molecule has 0 fully saturated rings. The van der Waals surface area contributed by atoms with Crippen LogP contribution >= 0.6 is 11.8 Å². The van der Waals surface area contributed by atoms with Gasteiger partial charge in [-0.3, -0.25) is 9.20 Å². The molecule has 0 aliphatic heterocycles. The fourth-order valence-corrected chi connectivity index (χ4v) is 3.24. The molecule has 1 N–H and O–H groups in total. The maximum atomic E-state index is 13.0. The molecule has 10 heteroatoms. The molecule has 0 bridgehead atoms. The summed E-state index contributed by atoms with van der Waals surface area (Å²) in [5.74, 6) is -0.269. The first-order valence-electron chi connectivity index (χ1n) is 7.54. The summed E-state index contributed by atoms with van der Waals surface area (Å²) in [6, 6.07) is 6.69. The number of fused-ring (bicyclic) bond motifs is 1. The number of para-hydroxylation sites is 1. The van der Waals surface area contributed by atoms with Crippen molar-refractivity contribution in [1.82, 2.24) is 19.6 Å². The highest BCUT2D eigenvalue weighted by Gasteiger charge is 2.33. The maximum absolute atomic E-state index is 13.0. The van der Waals surface area contributed by atoms with Crippen molar-refractivity contribution < 1.29 is 18.0 Å². The molecular formula is C16H14F3N5OS. The normalized spacial score (nSPS) is 11.7. The van der Waals surface area contributed by atoms with E-state index in [1.54, 1.807) is 4.40 Å². The molecule has 3 aromatic rings. The molecule has 26 heavy (non-hydrogen) atoms. The topological polar surface area (TPSA) is 72.2 Å². The Morgan fingerprint density at radius 2 is 1.96 bits per heavy atom. The number of aryl methyl sites for hydroxylation is 2. The summed E-state index contributed by atoms with van der Waals surface area (Å²) in [5.41, 5.74) is 0.482. The molecule has 6 nitrogen and oxygen atoms in total. The third kappa shape index (κ3) is 3.79. The molecule has 1 amide bonds. The van der Waals surface area contributed by atoms with Gasteiger partial charge in [0.1, 0.15) is 0 Å². The summed E-state index contributed by atoms with van der Waals surface area (Å²) in [4.78, 5) is 16.3. The lowest BCUT2D eigenvalue weighted by atomic mass is 10.1. The van der Waals surface area contributed by atoms with Gasteiger partial charge in [-0.15, -0.1) is 10.2 Å². The summed E-state index contributed by atoms with van der Waals surface area (Å²) in [6.45, 7) is 3.69. The van der Waals surface area contributed by atoms with Crippen LogP contribution in [-0.2, 0) is 11.0 Å². The molecule has 0 spiro atoms. The van der Waals surface area contributed by atoms with Gasteiger partial charge in [0.25, 0.3) is 5.78 Å². The predicted octanol–water partition coefficient (Wildman–Crippen LogP) is 3.49. The Morgan fingerprint density at radius 1 is 1.23 bits per heavy atom. The molecule has 0 aliphatic carbocycles. The minimum atomic E-state index is -4.54. The number of rotatable bonds is 4. The second kappa shape index (κ2) is 6.94. The molecule has 2 aromatic heterocycles. The number of nitrogens with one attached hydrogen (secondary N) is 1. The Morgan fingerprint density at radius 3 is 2.69 bits per heavy atom. The van der Waals surface area contributed by atoms with Crippen molar-refractivity contribution in [2.45, 2.75) is 25.2 Å². The van der Waals surface area contributed by atoms with E-state index in [0.717, 1.165) is 29.2 Å². The second-order valence-electron chi connectivity index (χ2n) is 5.54. The average Bonchev–Trinajstić information content (AvgIpc) is 2.95. The standard InChI is InChI=1S/C16H14F3N5OS/c1-9-7-10(2)24-14(20-9)22-23-15(24)26-8-13(25)21-12-6-4-3-5-11(12)16(17,18)19/h3-7H,8H2,1-2H3,(H,21,25). The quantitative estimate of drug-likeness (QED) is 0.701. The lowest BCUT2D eigenvalue weighted by Crippen LogP contribution is -2.18. The molecule has 3 rings (SSSR count). The maximum Gasteiger partial charge on any atom is 0.418 e. The highest BCUT2D eigenvalue weighted by molar-refractivity contribution is 7.99. The number of carbonyl (C=O) groups is 1. The van der Waals surface area contributed by atoms with E-state index in [-0.39, 0.29) is 11.4 Å². The van der Waals surface area contributed by atoms with E-state index in [1.807, 2.05) is 19.9 Å². The van der Waals surface area contributed by atoms with E-state index in [2.05, 4.69) is 20.5 Å². The Balaban J connectivity index is 1.73. The fourth-order valence-electron chi connectivity index (χ4n) is 2.45. The number of aromatic nitrogens is 4. The highest BCUT2D eigenvalue weighted by Crippen LogP contribution is 2.34. The molecule has 0 aliphatic rings. The van der Waals surface area contributed by atoms with E-state index >= 15 is 0 Å². The largest absolute Gasteiger partial charge is 0.418 e. The minimum Gasteiger partial charge on any atom is -0.325 e. The van der Waals surface area contributed by atoms with Gasteiger partial charge in [-0.2, -0.15) is 13.2 Å². The molecule has 0 unspecified atom stereocenters. The van der Waals surface area contributed by atoms with E-state index in [0.29, 0.717) is 10.9 Å². The molecule has 0 radical (unpaired) electrons. The van der Waals surface area contributed by atoms with Gasteiger partial charge in [-0.1, -0.05) is 23.9 Å². The first-order valence-corrected chi connectivity index (χ1v) is 8.52. The zero-order valence-electron chi connectivity index (χ0n) is 13.8. The molecule has 0 atom stereocenters. The van der Waals surface area contributed by atoms with Crippen LogP contribution in [-0.4, -0.2) is 31.2 Å². The Bertz CT molecular complexity index is 970. The second-order valence-corrected chi connectivity index (χ2v) is 6.48. The van der Waals surface area contributed by atoms with Crippen molar-refractivity contribution in [1.29, 1.82) is 0 Å². The van der Waals surface area contributed by atoms with Crippen LogP contribution in [0.2, 0.25) is 0 Å². The van der Waals surface area contributed by atoms with Gasteiger partial charge in [0.05, 0.1) is 17.0 Å². The predicted molar refractivity (Wildman–Crippen MR) is 91.1 cm³/mol. The van der Waals surface area contributed by atoms with Gasteiger partial charge < -0.3 is 5.32 Å². The third-order valence-corrected chi connectivity index (χ3v) is 4.43. The Kier molecular flexibility index (Phi) is 4.86. The number of benzene rings is 1. The van der Waals surface area contributed by atoms with E-state index in [1.165, 1.54) is 18.2 Å². The number of amides is 1. The van der Waals surface area contributed by atoms with Gasteiger partial charge in [0.15, 0.2) is 5.16 Å². The first-order chi connectivity index (χ1) is 12.3. The number of thioether (sulfide) groups is 1. The fraction of sp³-hybridized carbons (Fsp3) is 0.250. The van der Waals surface area contributed by atoms with Crippen molar-refractivity contribution in [3.8, 4) is 0 Å². The number of nitrogens with zero attached hydrogens (tertiary/aromatic N) is 4. The Labute approximate surface area is 150 Å². The van der Waals surface area contributed by atoms with Gasteiger partial charge in [0, 0.05) is 11.4 Å². The van der Waals surface area contributed by atoms with Crippen LogP contribution in [0.5, 0.6) is 0 Å². The summed E-state index contributed by atoms with van der Waals surface area (Å²) in [5, 5.41) is 10.7. The number of carbonyl (C=O) groups excluding carboxylic acids is 1. The summed E-state index contributed by atoms with van der Waals surface area (Å²) >= 11 is 1.07. The molecule has 136 valence electrons. The zero-order valence-corrected chi connectivity index (χ0v) is 14.6. The lowest BCUT2D eigenvalue weighted by molar-refractivity contribution is -0.137. The van der Waals surface area contributed by atoms with Crippen LogP contribution in [0.1, 0.15) is 17.0 Å². The smallest absolute Gasteiger partial charge is 0.325 e. The van der Waals surface area contributed by atoms with Gasteiger partial charge in [0.2, 0.25) is 5.91 Å². The third-order valence-electron chi connectivity index (χ3n) is 3.50. The van der Waals surface area contributed by atoms with Gasteiger partial charge in [-0.25, -0.2) is 4.98 Å². The van der Waals surface area contributed by atoms with Crippen LogP contribution in [0.4, 0.5) is 18.9 Å². The lowest BCUT2D eigenvalue weighted by Gasteiger charge is -2.13. The first kappa shape index (κ1) is 18.2. The Hall–Kier alpha value is -2.62. The van der Waals surface area contributed by atoms with Gasteiger partial charge in [-0.05, 0) is 32.0 Å². The number of alkyl halides is 3. The summed E-state index contributed by atoms with van der Waals surface area (Å²) < 4.78 is 40.6.